The number of benzene rings is 1. The quantitative estimate of drug-likeness (QED) is 0.784. The highest BCUT2D eigenvalue weighted by Gasteiger charge is 2.27. The average molecular weight is 331 g/mol. The van der Waals surface area contributed by atoms with E-state index in [2.05, 4.69) is 10.6 Å². The van der Waals surface area contributed by atoms with Crippen LogP contribution in [0.15, 0.2) is 33.9 Å². The fraction of sp³-hybridized carbons (Fsp3) is 0.353. The number of hydrogen-bond acceptors (Lipinski definition) is 5. The lowest BCUT2D eigenvalue weighted by atomic mass is 10.1. The summed E-state index contributed by atoms with van der Waals surface area (Å²) in [6, 6.07) is 5.48. The molecule has 1 heterocycles. The van der Waals surface area contributed by atoms with Crippen molar-refractivity contribution in [2.24, 2.45) is 0 Å². The van der Waals surface area contributed by atoms with Gasteiger partial charge in [-0.2, -0.15) is 0 Å². The van der Waals surface area contributed by atoms with E-state index < -0.39 is 10.9 Å². The first-order chi connectivity index (χ1) is 11.6. The molecule has 0 aliphatic carbocycles. The van der Waals surface area contributed by atoms with Crippen molar-refractivity contribution in [2.45, 2.75) is 19.3 Å². The second-order valence-electron chi connectivity index (χ2n) is 5.81. The largest absolute Gasteiger partial charge is 0.379 e. The lowest BCUT2D eigenvalue weighted by Gasteiger charge is -2.22. The molecule has 2 N–H and O–H groups in total. The number of nitrogens with zero attached hydrogens (tertiary/aromatic N) is 1. The molecule has 1 aliphatic rings. The molecule has 1 amide bonds. The first-order valence-electron chi connectivity index (χ1n) is 7.94. The number of anilines is 3. The number of nitrogens with one attached hydrogen (secondary N) is 2. The van der Waals surface area contributed by atoms with Gasteiger partial charge >= 0.3 is 0 Å². The molecule has 0 spiro atoms. The summed E-state index contributed by atoms with van der Waals surface area (Å²) >= 11 is 0. The molecule has 1 fully saturated rings. The van der Waals surface area contributed by atoms with Crippen molar-refractivity contribution >= 4 is 23.0 Å². The first-order valence-corrected chi connectivity index (χ1v) is 7.94. The summed E-state index contributed by atoms with van der Waals surface area (Å²) < 4.78 is 12.8. The van der Waals surface area contributed by atoms with Crippen molar-refractivity contribution < 1.29 is 9.18 Å². The molecular weight excluding hydrogens is 313 g/mol. The monoisotopic (exact) mass is 331 g/mol. The summed E-state index contributed by atoms with van der Waals surface area (Å²) in [5, 5.41) is 5.54. The van der Waals surface area contributed by atoms with E-state index in [1.807, 2.05) is 4.90 Å². The number of hydrogen-bond donors (Lipinski definition) is 2. The maximum atomic E-state index is 12.8. The minimum atomic E-state index is -0.518. The van der Waals surface area contributed by atoms with Gasteiger partial charge in [0.2, 0.25) is 5.91 Å². The number of rotatable bonds is 6. The van der Waals surface area contributed by atoms with Crippen LogP contribution in [0.2, 0.25) is 0 Å². The fourth-order valence-electron chi connectivity index (χ4n) is 2.84. The van der Waals surface area contributed by atoms with E-state index in [1.54, 1.807) is 0 Å². The summed E-state index contributed by atoms with van der Waals surface area (Å²) in [6.07, 6.45) is 2.16. The molecule has 0 saturated carbocycles. The summed E-state index contributed by atoms with van der Waals surface area (Å²) in [6.45, 7) is 1.81. The summed E-state index contributed by atoms with van der Waals surface area (Å²) in [7, 11) is 0. The van der Waals surface area contributed by atoms with Crippen LogP contribution >= 0.6 is 0 Å². The number of carbonyl (C=O) groups is 1. The van der Waals surface area contributed by atoms with Crippen LogP contribution in [0.3, 0.4) is 0 Å². The van der Waals surface area contributed by atoms with E-state index in [-0.39, 0.29) is 24.7 Å². The van der Waals surface area contributed by atoms with Gasteiger partial charge in [-0.05, 0) is 37.1 Å². The molecular formula is C17H18FN3O3. The van der Waals surface area contributed by atoms with Crippen molar-refractivity contribution in [1.82, 2.24) is 0 Å². The smallest absolute Gasteiger partial charge is 0.253 e. The maximum absolute atomic E-state index is 12.8. The van der Waals surface area contributed by atoms with Gasteiger partial charge in [-0.15, -0.1) is 0 Å². The van der Waals surface area contributed by atoms with Crippen LogP contribution < -0.4 is 26.4 Å². The summed E-state index contributed by atoms with van der Waals surface area (Å²) in [5.74, 6) is -0.625. The lowest BCUT2D eigenvalue weighted by molar-refractivity contribution is -0.115. The Morgan fingerprint density at radius 3 is 2.42 bits per heavy atom. The molecule has 2 aromatic rings. The normalized spacial score (nSPS) is 14.1. The number of carbonyl (C=O) groups excluding carboxylic acids is 1. The summed E-state index contributed by atoms with van der Waals surface area (Å²) in [5.41, 5.74) is 0.312. The molecule has 1 aliphatic heterocycles. The van der Waals surface area contributed by atoms with Gasteiger partial charge in [0.1, 0.15) is 17.2 Å². The van der Waals surface area contributed by atoms with Crippen LogP contribution in [0.5, 0.6) is 0 Å². The molecule has 0 bridgehead atoms. The lowest BCUT2D eigenvalue weighted by Crippen LogP contribution is -2.42. The second-order valence-corrected chi connectivity index (χ2v) is 5.81. The minimum Gasteiger partial charge on any atom is -0.379 e. The van der Waals surface area contributed by atoms with Crippen molar-refractivity contribution in [3.8, 4) is 0 Å². The topological polar surface area (TPSA) is 78.5 Å². The Hall–Kier alpha value is -2.70. The zero-order chi connectivity index (χ0) is 17.1. The van der Waals surface area contributed by atoms with Crippen LogP contribution in [0.25, 0.3) is 0 Å². The van der Waals surface area contributed by atoms with E-state index in [0.717, 1.165) is 25.9 Å². The van der Waals surface area contributed by atoms with E-state index >= 15 is 0 Å². The highest BCUT2D eigenvalue weighted by atomic mass is 19.1. The average Bonchev–Trinajstić information content (AvgIpc) is 3.09. The fourth-order valence-corrected chi connectivity index (χ4v) is 2.84. The van der Waals surface area contributed by atoms with Crippen LogP contribution in [-0.2, 0) is 4.79 Å². The molecule has 24 heavy (non-hydrogen) atoms. The van der Waals surface area contributed by atoms with Gasteiger partial charge in [0.15, 0.2) is 0 Å². The van der Waals surface area contributed by atoms with Gasteiger partial charge in [0, 0.05) is 31.7 Å². The number of halogens is 1. The SMILES string of the molecule is O=C(CCNc1c(N2CCCC2)c(=O)c1=O)Nc1ccc(F)cc1. The third-order valence-corrected chi connectivity index (χ3v) is 4.09. The number of amides is 1. The van der Waals surface area contributed by atoms with Crippen molar-refractivity contribution in [3.63, 3.8) is 0 Å². The zero-order valence-corrected chi connectivity index (χ0v) is 13.1. The Balaban J connectivity index is 1.52. The van der Waals surface area contributed by atoms with Gasteiger partial charge in [-0.3, -0.25) is 14.4 Å². The molecule has 1 saturated heterocycles. The third-order valence-electron chi connectivity index (χ3n) is 4.09. The van der Waals surface area contributed by atoms with Crippen LogP contribution in [-0.4, -0.2) is 25.5 Å². The third kappa shape index (κ3) is 3.29. The molecule has 7 heteroatoms. The highest BCUT2D eigenvalue weighted by Crippen LogP contribution is 2.24. The Morgan fingerprint density at radius 2 is 1.75 bits per heavy atom. The van der Waals surface area contributed by atoms with E-state index in [1.165, 1.54) is 24.3 Å². The van der Waals surface area contributed by atoms with Crippen LogP contribution in [0, 0.1) is 5.82 Å². The predicted octanol–water partition coefficient (Wildman–Crippen LogP) is 1.46. The van der Waals surface area contributed by atoms with Crippen LogP contribution in [0.1, 0.15) is 19.3 Å². The molecule has 6 nitrogen and oxygen atoms in total. The van der Waals surface area contributed by atoms with E-state index in [4.69, 9.17) is 0 Å². The minimum absolute atomic E-state index is 0.135. The Morgan fingerprint density at radius 1 is 1.08 bits per heavy atom. The van der Waals surface area contributed by atoms with Crippen LogP contribution in [0.4, 0.5) is 21.5 Å². The molecule has 3 rings (SSSR count). The van der Waals surface area contributed by atoms with Gasteiger partial charge in [0.25, 0.3) is 10.9 Å². The first kappa shape index (κ1) is 16.2. The van der Waals surface area contributed by atoms with E-state index in [0.29, 0.717) is 17.1 Å². The van der Waals surface area contributed by atoms with Gasteiger partial charge < -0.3 is 15.5 Å². The standard InChI is InChI=1S/C17H18FN3O3/c18-11-3-5-12(6-4-11)20-13(22)7-8-19-14-15(17(24)16(14)23)21-9-1-2-10-21/h3-6,19H,1-2,7-10H2,(H,20,22). The molecule has 0 atom stereocenters. The second kappa shape index (κ2) is 6.82. The van der Waals surface area contributed by atoms with Crippen molar-refractivity contribution in [3.05, 3.63) is 50.5 Å². The van der Waals surface area contributed by atoms with Gasteiger partial charge in [-0.1, -0.05) is 0 Å². The molecule has 0 aromatic heterocycles. The van der Waals surface area contributed by atoms with Gasteiger partial charge in [0.05, 0.1) is 0 Å². The molecule has 2 aromatic carbocycles. The summed E-state index contributed by atoms with van der Waals surface area (Å²) in [4.78, 5) is 37.2. The molecule has 126 valence electrons. The van der Waals surface area contributed by atoms with E-state index in [9.17, 15) is 18.8 Å². The maximum Gasteiger partial charge on any atom is 0.253 e. The van der Waals surface area contributed by atoms with Crippen molar-refractivity contribution in [1.29, 1.82) is 0 Å². The molecule has 0 radical (unpaired) electrons. The zero-order valence-electron chi connectivity index (χ0n) is 13.1. The highest BCUT2D eigenvalue weighted by molar-refractivity contribution is 5.91. The molecule has 0 unspecified atom stereocenters. The van der Waals surface area contributed by atoms with Crippen molar-refractivity contribution in [2.75, 3.05) is 35.2 Å². The Labute approximate surface area is 138 Å². The Kier molecular flexibility index (Phi) is 4.59. The Bertz CT molecular complexity index is 803. The van der Waals surface area contributed by atoms with Gasteiger partial charge in [-0.25, -0.2) is 4.39 Å². The predicted molar refractivity (Wildman–Crippen MR) is 90.9 cm³/mol.